The molecule has 0 aliphatic carbocycles. The molecule has 3 aromatic carbocycles. The third-order valence-corrected chi connectivity index (χ3v) is 7.87. The first-order chi connectivity index (χ1) is 18.1. The Morgan fingerprint density at radius 2 is 1.53 bits per heavy atom. The minimum Gasteiger partial charge on any atom is -0.495 e. The number of sulfonamides is 1. The molecule has 0 saturated heterocycles. The molecule has 0 saturated carbocycles. The SMILES string of the molecule is COc1ccc(S(=O)(=O)N(CC(=O)N[C@H](CC(C)C)c2ccccc2)c2cc(Cl)ccc2OC)cc1OC. The predicted molar refractivity (Wildman–Crippen MR) is 149 cm³/mol. The standard InChI is InChI=1S/C28H33ClN2O6S/c1-19(2)15-23(20-9-7-6-8-10-20)30-28(32)18-31(24-16-21(29)11-13-25(24)35-3)38(33,34)22-12-14-26(36-4)27(17-22)37-5/h6-14,16-17,19,23H,15,18H2,1-5H3,(H,30,32)/t23-/m1/s1. The number of methoxy groups -OCH3 is 3. The summed E-state index contributed by atoms with van der Waals surface area (Å²) in [5.41, 5.74) is 1.06. The molecule has 10 heteroatoms. The van der Waals surface area contributed by atoms with E-state index in [0.717, 1.165) is 9.87 Å². The molecule has 0 fully saturated rings. The third kappa shape index (κ3) is 6.90. The first kappa shape index (κ1) is 29.1. The van der Waals surface area contributed by atoms with Crippen LogP contribution in [0.25, 0.3) is 0 Å². The highest BCUT2D eigenvalue weighted by Gasteiger charge is 2.31. The van der Waals surface area contributed by atoms with Gasteiger partial charge < -0.3 is 19.5 Å². The van der Waals surface area contributed by atoms with Gasteiger partial charge in [-0.2, -0.15) is 0 Å². The molecule has 0 radical (unpaired) electrons. The molecule has 0 heterocycles. The van der Waals surface area contributed by atoms with Crippen molar-refractivity contribution in [2.45, 2.75) is 31.2 Å². The molecule has 0 aromatic heterocycles. The number of carbonyl (C=O) groups is 1. The Kier molecular flexibility index (Phi) is 9.88. The number of anilines is 1. The monoisotopic (exact) mass is 560 g/mol. The van der Waals surface area contributed by atoms with Gasteiger partial charge in [0.1, 0.15) is 12.3 Å². The molecule has 204 valence electrons. The number of benzene rings is 3. The number of ether oxygens (including phenoxy) is 3. The summed E-state index contributed by atoms with van der Waals surface area (Å²) in [6, 6.07) is 18.1. The van der Waals surface area contributed by atoms with Gasteiger partial charge in [0.25, 0.3) is 10.0 Å². The van der Waals surface area contributed by atoms with Gasteiger partial charge in [-0.3, -0.25) is 9.10 Å². The van der Waals surface area contributed by atoms with Crippen LogP contribution in [0.15, 0.2) is 71.6 Å². The van der Waals surface area contributed by atoms with Gasteiger partial charge in [-0.05, 0) is 48.2 Å². The number of rotatable bonds is 12. The van der Waals surface area contributed by atoms with Crippen molar-refractivity contribution in [3.05, 3.63) is 77.3 Å². The summed E-state index contributed by atoms with van der Waals surface area (Å²) in [5.74, 6) is 0.659. The highest BCUT2D eigenvalue weighted by Crippen LogP contribution is 2.37. The topological polar surface area (TPSA) is 94.2 Å². The van der Waals surface area contributed by atoms with Gasteiger partial charge in [0, 0.05) is 11.1 Å². The van der Waals surface area contributed by atoms with Crippen LogP contribution in [-0.4, -0.2) is 42.2 Å². The maximum absolute atomic E-state index is 14.0. The summed E-state index contributed by atoms with van der Waals surface area (Å²) >= 11 is 6.25. The van der Waals surface area contributed by atoms with Crippen molar-refractivity contribution < 1.29 is 27.4 Å². The Bertz CT molecular complexity index is 1350. The lowest BCUT2D eigenvalue weighted by atomic mass is 9.97. The summed E-state index contributed by atoms with van der Waals surface area (Å²) < 4.78 is 45.0. The highest BCUT2D eigenvalue weighted by atomic mass is 35.5. The molecule has 0 unspecified atom stereocenters. The predicted octanol–water partition coefficient (Wildman–Crippen LogP) is 5.46. The Balaban J connectivity index is 2.05. The van der Waals surface area contributed by atoms with Gasteiger partial charge in [0.2, 0.25) is 5.91 Å². The van der Waals surface area contributed by atoms with Crippen molar-refractivity contribution in [1.82, 2.24) is 5.32 Å². The maximum atomic E-state index is 14.0. The lowest BCUT2D eigenvalue weighted by Gasteiger charge is -2.28. The summed E-state index contributed by atoms with van der Waals surface area (Å²) in [6.45, 7) is 3.62. The van der Waals surface area contributed by atoms with Crippen molar-refractivity contribution >= 4 is 33.2 Å². The lowest BCUT2D eigenvalue weighted by molar-refractivity contribution is -0.120. The van der Waals surface area contributed by atoms with E-state index in [9.17, 15) is 13.2 Å². The third-order valence-electron chi connectivity index (χ3n) is 5.88. The van der Waals surface area contributed by atoms with Crippen LogP contribution in [0.4, 0.5) is 5.69 Å². The molecule has 1 N–H and O–H groups in total. The molecule has 0 bridgehead atoms. The molecule has 3 rings (SSSR count). The second kappa shape index (κ2) is 12.9. The number of amides is 1. The minimum atomic E-state index is -4.28. The van der Waals surface area contributed by atoms with Gasteiger partial charge in [0.15, 0.2) is 11.5 Å². The Hall–Kier alpha value is -3.43. The van der Waals surface area contributed by atoms with Crippen molar-refractivity contribution in [3.8, 4) is 17.2 Å². The van der Waals surface area contributed by atoms with Crippen LogP contribution in [0.2, 0.25) is 5.02 Å². The van der Waals surface area contributed by atoms with E-state index in [0.29, 0.717) is 18.1 Å². The largest absolute Gasteiger partial charge is 0.495 e. The summed E-state index contributed by atoms with van der Waals surface area (Å²) in [7, 11) is 0.0102. The lowest BCUT2D eigenvalue weighted by Crippen LogP contribution is -2.42. The van der Waals surface area contributed by atoms with E-state index < -0.39 is 22.5 Å². The van der Waals surface area contributed by atoms with Crippen LogP contribution >= 0.6 is 11.6 Å². The fourth-order valence-corrected chi connectivity index (χ4v) is 5.67. The quantitative estimate of drug-likeness (QED) is 0.316. The number of hydrogen-bond donors (Lipinski definition) is 1. The molecule has 0 aliphatic rings. The van der Waals surface area contributed by atoms with Crippen molar-refractivity contribution in [2.75, 3.05) is 32.2 Å². The van der Waals surface area contributed by atoms with Crippen LogP contribution in [0.1, 0.15) is 31.9 Å². The van der Waals surface area contributed by atoms with E-state index >= 15 is 0 Å². The Labute approximate surface area is 229 Å². The van der Waals surface area contributed by atoms with Crippen LogP contribution in [-0.2, 0) is 14.8 Å². The molecule has 0 spiro atoms. The normalized spacial score (nSPS) is 12.1. The zero-order valence-corrected chi connectivity index (χ0v) is 23.7. The Morgan fingerprint density at radius 1 is 0.895 bits per heavy atom. The van der Waals surface area contributed by atoms with E-state index in [2.05, 4.69) is 19.2 Å². The van der Waals surface area contributed by atoms with Gasteiger partial charge in [-0.15, -0.1) is 0 Å². The number of nitrogens with one attached hydrogen (secondary N) is 1. The summed E-state index contributed by atoms with van der Waals surface area (Å²) in [4.78, 5) is 13.4. The average Bonchev–Trinajstić information content (AvgIpc) is 2.91. The Morgan fingerprint density at radius 3 is 2.13 bits per heavy atom. The second-order valence-corrected chi connectivity index (χ2v) is 11.3. The van der Waals surface area contributed by atoms with E-state index in [-0.39, 0.29) is 33.1 Å². The van der Waals surface area contributed by atoms with Crippen LogP contribution in [0.3, 0.4) is 0 Å². The van der Waals surface area contributed by atoms with E-state index in [1.165, 1.54) is 45.6 Å². The zero-order chi connectivity index (χ0) is 27.9. The molecule has 8 nitrogen and oxygen atoms in total. The van der Waals surface area contributed by atoms with E-state index in [4.69, 9.17) is 25.8 Å². The van der Waals surface area contributed by atoms with Gasteiger partial charge >= 0.3 is 0 Å². The van der Waals surface area contributed by atoms with Crippen molar-refractivity contribution in [1.29, 1.82) is 0 Å². The van der Waals surface area contributed by atoms with Crippen LogP contribution < -0.4 is 23.8 Å². The van der Waals surface area contributed by atoms with Crippen LogP contribution in [0.5, 0.6) is 17.2 Å². The second-order valence-electron chi connectivity index (χ2n) is 9.00. The smallest absolute Gasteiger partial charge is 0.265 e. The minimum absolute atomic E-state index is 0.0910. The fraction of sp³-hybridized carbons (Fsp3) is 0.321. The molecular weight excluding hydrogens is 528 g/mol. The number of nitrogens with zero attached hydrogens (tertiary/aromatic N) is 1. The highest BCUT2D eigenvalue weighted by molar-refractivity contribution is 7.92. The van der Waals surface area contributed by atoms with Gasteiger partial charge in [-0.1, -0.05) is 55.8 Å². The molecule has 0 aliphatic heterocycles. The summed E-state index contributed by atoms with van der Waals surface area (Å²) in [6.07, 6.45) is 0.679. The first-order valence-corrected chi connectivity index (χ1v) is 13.8. The number of halogens is 1. The van der Waals surface area contributed by atoms with Gasteiger partial charge in [0.05, 0.1) is 38.0 Å². The van der Waals surface area contributed by atoms with Crippen molar-refractivity contribution in [3.63, 3.8) is 0 Å². The van der Waals surface area contributed by atoms with Crippen molar-refractivity contribution in [2.24, 2.45) is 5.92 Å². The molecule has 1 amide bonds. The van der Waals surface area contributed by atoms with E-state index in [1.807, 2.05) is 30.3 Å². The first-order valence-electron chi connectivity index (χ1n) is 12.0. The maximum Gasteiger partial charge on any atom is 0.265 e. The fourth-order valence-electron chi connectivity index (χ4n) is 4.07. The average molecular weight is 561 g/mol. The number of hydrogen-bond acceptors (Lipinski definition) is 6. The molecule has 3 aromatic rings. The molecule has 1 atom stereocenters. The number of carbonyl (C=O) groups excluding carboxylic acids is 1. The van der Waals surface area contributed by atoms with Crippen LogP contribution in [0, 0.1) is 5.92 Å². The molecule has 38 heavy (non-hydrogen) atoms. The molecular formula is C28H33ClN2O6S. The zero-order valence-electron chi connectivity index (χ0n) is 22.1. The van der Waals surface area contributed by atoms with Gasteiger partial charge in [-0.25, -0.2) is 8.42 Å². The van der Waals surface area contributed by atoms with E-state index in [1.54, 1.807) is 12.1 Å². The summed E-state index contributed by atoms with van der Waals surface area (Å²) in [5, 5.41) is 3.31.